The van der Waals surface area contributed by atoms with Crippen molar-refractivity contribution in [3.8, 4) is 51.0 Å². The van der Waals surface area contributed by atoms with Crippen molar-refractivity contribution in [3.05, 3.63) is 182 Å². The molecule has 0 N–H and O–H groups in total. The number of furan rings is 1. The predicted molar refractivity (Wildman–Crippen MR) is 236 cm³/mol. The van der Waals surface area contributed by atoms with Gasteiger partial charge >= 0.3 is 0 Å². The van der Waals surface area contributed by atoms with E-state index in [1.54, 1.807) is 11.3 Å². The maximum absolute atomic E-state index is 6.67. The molecule has 0 amide bonds. The second-order valence-electron chi connectivity index (χ2n) is 14.4. The normalized spacial score (nSPS) is 11.9. The monoisotopic (exact) mass is 746 g/mol. The number of rotatable bonds is 5. The molecule has 12 rings (SSSR count). The lowest BCUT2D eigenvalue weighted by molar-refractivity contribution is 0.668. The Morgan fingerprint density at radius 2 is 0.947 bits per heavy atom. The van der Waals surface area contributed by atoms with Crippen LogP contribution in [-0.4, -0.2) is 19.5 Å². The molecule has 266 valence electrons. The highest BCUT2D eigenvalue weighted by atomic mass is 32.1. The third kappa shape index (κ3) is 5.12. The first-order valence-electron chi connectivity index (χ1n) is 19.0. The zero-order chi connectivity index (χ0) is 37.5. The molecule has 8 aromatic carbocycles. The Morgan fingerprint density at radius 1 is 0.386 bits per heavy atom. The van der Waals surface area contributed by atoms with E-state index >= 15 is 0 Å². The number of para-hydroxylation sites is 2. The van der Waals surface area contributed by atoms with Gasteiger partial charge in [-0.3, -0.25) is 0 Å². The van der Waals surface area contributed by atoms with Crippen molar-refractivity contribution in [2.45, 2.75) is 0 Å². The van der Waals surface area contributed by atoms with E-state index in [2.05, 4.69) is 156 Å². The lowest BCUT2D eigenvalue weighted by atomic mass is 9.97. The van der Waals surface area contributed by atoms with Gasteiger partial charge < -0.3 is 8.98 Å². The van der Waals surface area contributed by atoms with E-state index in [0.29, 0.717) is 17.5 Å². The summed E-state index contributed by atoms with van der Waals surface area (Å²) in [4.78, 5) is 15.4. The van der Waals surface area contributed by atoms with Crippen molar-refractivity contribution >= 4 is 75.3 Å². The molecular weight excluding hydrogens is 717 g/mol. The van der Waals surface area contributed by atoms with Gasteiger partial charge in [0.2, 0.25) is 0 Å². The molecule has 0 unspecified atom stereocenters. The predicted octanol–water partition coefficient (Wildman–Crippen LogP) is 13.9. The van der Waals surface area contributed by atoms with Crippen molar-refractivity contribution < 1.29 is 4.42 Å². The van der Waals surface area contributed by atoms with Crippen LogP contribution >= 0.6 is 11.3 Å². The highest BCUT2D eigenvalue weighted by molar-refractivity contribution is 7.26. The lowest BCUT2D eigenvalue weighted by Gasteiger charge is -2.11. The molecule has 0 aliphatic rings. The van der Waals surface area contributed by atoms with E-state index in [9.17, 15) is 0 Å². The minimum Gasteiger partial charge on any atom is -0.456 e. The fraction of sp³-hybridized carbons (Fsp3) is 0. The molecule has 5 nitrogen and oxygen atoms in total. The summed E-state index contributed by atoms with van der Waals surface area (Å²) in [6, 6.07) is 63.8. The maximum atomic E-state index is 6.67. The van der Waals surface area contributed by atoms with Crippen LogP contribution in [0, 0.1) is 0 Å². The number of benzene rings is 8. The van der Waals surface area contributed by atoms with Gasteiger partial charge in [0.1, 0.15) is 11.2 Å². The number of nitrogens with zero attached hydrogens (tertiary/aromatic N) is 4. The smallest absolute Gasteiger partial charge is 0.164 e. The molecule has 0 saturated heterocycles. The van der Waals surface area contributed by atoms with E-state index in [1.165, 1.54) is 42.0 Å². The van der Waals surface area contributed by atoms with Crippen LogP contribution in [0.4, 0.5) is 0 Å². The van der Waals surface area contributed by atoms with E-state index in [4.69, 9.17) is 19.4 Å². The first-order chi connectivity index (χ1) is 28.2. The van der Waals surface area contributed by atoms with Crippen molar-refractivity contribution in [1.82, 2.24) is 19.5 Å². The van der Waals surface area contributed by atoms with Gasteiger partial charge in [-0.1, -0.05) is 121 Å². The molecule has 0 fully saturated rings. The minimum atomic E-state index is 0.588. The topological polar surface area (TPSA) is 56.7 Å². The second-order valence-corrected chi connectivity index (χ2v) is 15.5. The Bertz CT molecular complexity index is 3470. The summed E-state index contributed by atoms with van der Waals surface area (Å²) in [5.74, 6) is 1.83. The van der Waals surface area contributed by atoms with E-state index in [1.807, 2.05) is 30.3 Å². The molecule has 0 saturated carbocycles. The Balaban J connectivity index is 1.03. The molecule has 6 heteroatoms. The molecule has 0 radical (unpaired) electrons. The second kappa shape index (κ2) is 12.6. The molecule has 12 aromatic rings. The highest BCUT2D eigenvalue weighted by Crippen LogP contribution is 2.43. The van der Waals surface area contributed by atoms with Crippen molar-refractivity contribution in [2.75, 3.05) is 0 Å². The van der Waals surface area contributed by atoms with Gasteiger partial charge in [0.25, 0.3) is 0 Å². The Morgan fingerprint density at radius 3 is 1.67 bits per heavy atom. The quantitative estimate of drug-likeness (QED) is 0.176. The lowest BCUT2D eigenvalue weighted by Crippen LogP contribution is -2.00. The first kappa shape index (κ1) is 31.9. The molecule has 4 aromatic heterocycles. The van der Waals surface area contributed by atoms with Crippen LogP contribution in [-0.2, 0) is 0 Å². The highest BCUT2D eigenvalue weighted by Gasteiger charge is 2.19. The van der Waals surface area contributed by atoms with Crippen molar-refractivity contribution in [3.63, 3.8) is 0 Å². The third-order valence-corrected chi connectivity index (χ3v) is 12.2. The third-order valence-electron chi connectivity index (χ3n) is 11.0. The number of thiophene rings is 1. The van der Waals surface area contributed by atoms with Gasteiger partial charge in [-0.15, -0.1) is 11.3 Å². The number of hydrogen-bond acceptors (Lipinski definition) is 5. The summed E-state index contributed by atoms with van der Waals surface area (Å²) in [5.41, 5.74) is 10.0. The summed E-state index contributed by atoms with van der Waals surface area (Å²) in [5, 5.41) is 7.07. The Kier molecular flexibility index (Phi) is 7.03. The Hall–Kier alpha value is -7.41. The fourth-order valence-electron chi connectivity index (χ4n) is 8.42. The zero-order valence-corrected chi connectivity index (χ0v) is 31.2. The molecule has 0 bridgehead atoms. The van der Waals surface area contributed by atoms with Crippen molar-refractivity contribution in [2.24, 2.45) is 0 Å². The molecule has 0 aliphatic carbocycles. The van der Waals surface area contributed by atoms with E-state index < -0.39 is 0 Å². The van der Waals surface area contributed by atoms with Crippen molar-refractivity contribution in [1.29, 1.82) is 0 Å². The number of fused-ring (bicyclic) bond motifs is 9. The van der Waals surface area contributed by atoms with Gasteiger partial charge in [0.15, 0.2) is 17.5 Å². The van der Waals surface area contributed by atoms with Crippen LogP contribution in [0.5, 0.6) is 0 Å². The van der Waals surface area contributed by atoms with E-state index in [-0.39, 0.29) is 0 Å². The molecule has 4 heterocycles. The fourth-order valence-corrected chi connectivity index (χ4v) is 9.60. The first-order valence-corrected chi connectivity index (χ1v) is 19.8. The van der Waals surface area contributed by atoms with Crippen LogP contribution in [0.3, 0.4) is 0 Å². The molecule has 0 spiro atoms. The van der Waals surface area contributed by atoms with Crippen LogP contribution < -0.4 is 0 Å². The molecule has 57 heavy (non-hydrogen) atoms. The maximum Gasteiger partial charge on any atom is 0.164 e. The molecule has 0 atom stereocenters. The largest absolute Gasteiger partial charge is 0.456 e. The van der Waals surface area contributed by atoms with Gasteiger partial charge in [-0.05, 0) is 65.7 Å². The van der Waals surface area contributed by atoms with Gasteiger partial charge in [0.05, 0.1) is 11.0 Å². The number of aromatic nitrogens is 4. The van der Waals surface area contributed by atoms with Crippen LogP contribution in [0.2, 0.25) is 0 Å². The summed E-state index contributed by atoms with van der Waals surface area (Å²) in [6.07, 6.45) is 0. The Labute approximate surface area is 330 Å². The average Bonchev–Trinajstić information content (AvgIpc) is 3.95. The molecule has 0 aliphatic heterocycles. The standard InChI is InChI=1S/C51H30N4OS/c1-3-13-31(14-4-1)41-27-34(29-47-48(41)40-19-9-12-22-46(40)57-47)51-53-49(32-15-5-2-6-16-32)52-50(54-51)33-23-25-38-39-26-24-35(30-45(39)56-44(38)28-33)55-42-20-10-7-17-36(42)37-18-8-11-21-43(37)55/h1-30H. The zero-order valence-electron chi connectivity index (χ0n) is 30.4. The van der Waals surface area contributed by atoms with Gasteiger partial charge in [-0.25, -0.2) is 15.0 Å². The SMILES string of the molecule is c1ccc(-c2nc(-c3ccc4c(c3)oc3cc(-n5c6ccccc6c6ccccc65)ccc34)nc(-c3cc(-c4ccccc4)c4c(c3)sc3ccccc34)n2)cc1. The van der Waals surface area contributed by atoms with Crippen LogP contribution in [0.25, 0.3) is 115 Å². The van der Waals surface area contributed by atoms with Crippen LogP contribution in [0.15, 0.2) is 186 Å². The summed E-state index contributed by atoms with van der Waals surface area (Å²) < 4.78 is 11.4. The summed E-state index contributed by atoms with van der Waals surface area (Å²) >= 11 is 1.80. The van der Waals surface area contributed by atoms with Gasteiger partial charge in [-0.2, -0.15) is 0 Å². The number of hydrogen-bond donors (Lipinski definition) is 0. The summed E-state index contributed by atoms with van der Waals surface area (Å²) in [7, 11) is 0. The molecular formula is C51H30N4OS. The van der Waals surface area contributed by atoms with E-state index in [0.717, 1.165) is 55.4 Å². The average molecular weight is 747 g/mol. The summed E-state index contributed by atoms with van der Waals surface area (Å²) in [6.45, 7) is 0. The van der Waals surface area contributed by atoms with Gasteiger partial charge in [0, 0.05) is 70.2 Å². The minimum absolute atomic E-state index is 0.588. The van der Waals surface area contributed by atoms with Crippen LogP contribution in [0.1, 0.15) is 0 Å².